The maximum Gasteiger partial charge on any atom is 0.258 e. The van der Waals surface area contributed by atoms with Crippen molar-refractivity contribution in [2.24, 2.45) is 0 Å². The summed E-state index contributed by atoms with van der Waals surface area (Å²) in [5.41, 5.74) is 0. The SMILES string of the molecule is O=C(COc1ccccc1Br)NC1CCCC1. The van der Waals surface area contributed by atoms with Crippen molar-refractivity contribution in [3.8, 4) is 5.75 Å². The molecule has 3 nitrogen and oxygen atoms in total. The summed E-state index contributed by atoms with van der Waals surface area (Å²) in [5, 5.41) is 2.99. The Balaban J connectivity index is 1.77. The molecule has 0 radical (unpaired) electrons. The number of carbonyl (C=O) groups excluding carboxylic acids is 1. The molecule has 2 rings (SSSR count). The van der Waals surface area contributed by atoms with Gasteiger partial charge in [0.1, 0.15) is 5.75 Å². The molecule has 0 aromatic heterocycles. The van der Waals surface area contributed by atoms with Crippen molar-refractivity contribution in [1.82, 2.24) is 5.32 Å². The second kappa shape index (κ2) is 6.05. The Labute approximate surface area is 110 Å². The van der Waals surface area contributed by atoms with Gasteiger partial charge in [0.05, 0.1) is 4.47 Å². The lowest BCUT2D eigenvalue weighted by Crippen LogP contribution is -2.36. The molecular formula is C13H16BrNO2. The van der Waals surface area contributed by atoms with Crippen LogP contribution in [0.5, 0.6) is 5.75 Å². The van der Waals surface area contributed by atoms with Crippen molar-refractivity contribution in [3.05, 3.63) is 28.7 Å². The summed E-state index contributed by atoms with van der Waals surface area (Å²) in [6.45, 7) is 0.0825. The molecule has 1 aliphatic rings. The molecule has 92 valence electrons. The number of hydrogen-bond acceptors (Lipinski definition) is 2. The van der Waals surface area contributed by atoms with E-state index in [0.717, 1.165) is 17.3 Å². The number of halogens is 1. The normalized spacial score (nSPS) is 15.8. The standard InChI is InChI=1S/C13H16BrNO2/c14-11-7-3-4-8-12(11)17-9-13(16)15-10-5-1-2-6-10/h3-4,7-8,10H,1-2,5-6,9H2,(H,15,16). The number of para-hydroxylation sites is 1. The monoisotopic (exact) mass is 297 g/mol. The third kappa shape index (κ3) is 3.73. The first kappa shape index (κ1) is 12.4. The Bertz CT molecular complexity index is 389. The smallest absolute Gasteiger partial charge is 0.258 e. The number of nitrogens with one attached hydrogen (secondary N) is 1. The van der Waals surface area contributed by atoms with Gasteiger partial charge in [0.25, 0.3) is 5.91 Å². The van der Waals surface area contributed by atoms with Crippen molar-refractivity contribution < 1.29 is 9.53 Å². The van der Waals surface area contributed by atoms with Crippen LogP contribution in [0.3, 0.4) is 0 Å². The molecule has 0 bridgehead atoms. The number of ether oxygens (including phenoxy) is 1. The second-order valence-electron chi connectivity index (χ2n) is 4.27. The van der Waals surface area contributed by atoms with E-state index in [-0.39, 0.29) is 12.5 Å². The summed E-state index contributed by atoms with van der Waals surface area (Å²) < 4.78 is 6.32. The van der Waals surface area contributed by atoms with Gasteiger partial charge < -0.3 is 10.1 Å². The van der Waals surface area contributed by atoms with Crippen LogP contribution >= 0.6 is 15.9 Å². The zero-order valence-electron chi connectivity index (χ0n) is 9.62. The highest BCUT2D eigenvalue weighted by molar-refractivity contribution is 9.10. The van der Waals surface area contributed by atoms with Gasteiger partial charge in [-0.05, 0) is 40.9 Å². The Kier molecular flexibility index (Phi) is 4.42. The minimum Gasteiger partial charge on any atom is -0.483 e. The van der Waals surface area contributed by atoms with Crippen molar-refractivity contribution >= 4 is 21.8 Å². The van der Waals surface area contributed by atoms with E-state index in [9.17, 15) is 4.79 Å². The molecule has 0 aliphatic heterocycles. The van der Waals surface area contributed by atoms with Crippen LogP contribution in [0.4, 0.5) is 0 Å². The van der Waals surface area contributed by atoms with Crippen molar-refractivity contribution in [3.63, 3.8) is 0 Å². The van der Waals surface area contributed by atoms with Crippen LogP contribution < -0.4 is 10.1 Å². The molecular weight excluding hydrogens is 282 g/mol. The van der Waals surface area contributed by atoms with Crippen LogP contribution in [0.25, 0.3) is 0 Å². The van der Waals surface area contributed by atoms with E-state index in [1.807, 2.05) is 24.3 Å². The third-order valence-electron chi connectivity index (χ3n) is 2.92. The summed E-state index contributed by atoms with van der Waals surface area (Å²) in [4.78, 5) is 11.6. The minimum atomic E-state index is -0.0346. The number of carbonyl (C=O) groups is 1. The molecule has 1 amide bonds. The van der Waals surface area contributed by atoms with Gasteiger partial charge in [-0.3, -0.25) is 4.79 Å². The van der Waals surface area contributed by atoms with Crippen LogP contribution in [0.15, 0.2) is 28.7 Å². The molecule has 17 heavy (non-hydrogen) atoms. The average Bonchev–Trinajstić information content (AvgIpc) is 2.81. The lowest BCUT2D eigenvalue weighted by Gasteiger charge is -2.12. The Morgan fingerprint density at radius 1 is 1.35 bits per heavy atom. The van der Waals surface area contributed by atoms with Crippen LogP contribution in [0.1, 0.15) is 25.7 Å². The topological polar surface area (TPSA) is 38.3 Å². The maximum atomic E-state index is 11.6. The van der Waals surface area contributed by atoms with Crippen LogP contribution in [-0.2, 0) is 4.79 Å². The van der Waals surface area contributed by atoms with E-state index in [4.69, 9.17) is 4.74 Å². The van der Waals surface area contributed by atoms with Crippen molar-refractivity contribution in [2.45, 2.75) is 31.7 Å². The van der Waals surface area contributed by atoms with E-state index >= 15 is 0 Å². The van der Waals surface area contributed by atoms with Gasteiger partial charge in [-0.2, -0.15) is 0 Å². The van der Waals surface area contributed by atoms with E-state index in [1.54, 1.807) is 0 Å². The van der Waals surface area contributed by atoms with Crippen LogP contribution in [0, 0.1) is 0 Å². The number of hydrogen-bond donors (Lipinski definition) is 1. The fourth-order valence-corrected chi connectivity index (χ4v) is 2.44. The maximum absolute atomic E-state index is 11.6. The molecule has 1 aromatic rings. The van der Waals surface area contributed by atoms with E-state index in [2.05, 4.69) is 21.2 Å². The number of benzene rings is 1. The molecule has 0 unspecified atom stereocenters. The Hall–Kier alpha value is -1.03. The molecule has 0 spiro atoms. The fourth-order valence-electron chi connectivity index (χ4n) is 2.04. The molecule has 0 heterocycles. The van der Waals surface area contributed by atoms with Crippen molar-refractivity contribution in [1.29, 1.82) is 0 Å². The first-order chi connectivity index (χ1) is 8.25. The molecule has 0 saturated heterocycles. The van der Waals surface area contributed by atoms with E-state index in [1.165, 1.54) is 12.8 Å². The molecule has 1 aliphatic carbocycles. The summed E-state index contributed by atoms with van der Waals surface area (Å²) in [6, 6.07) is 7.88. The third-order valence-corrected chi connectivity index (χ3v) is 3.57. The van der Waals surface area contributed by atoms with Crippen LogP contribution in [0.2, 0.25) is 0 Å². The highest BCUT2D eigenvalue weighted by Crippen LogP contribution is 2.23. The van der Waals surface area contributed by atoms with Gasteiger partial charge in [-0.1, -0.05) is 25.0 Å². The van der Waals surface area contributed by atoms with E-state index in [0.29, 0.717) is 11.8 Å². The fraction of sp³-hybridized carbons (Fsp3) is 0.462. The van der Waals surface area contributed by atoms with Crippen molar-refractivity contribution in [2.75, 3.05) is 6.61 Å². The summed E-state index contributed by atoms with van der Waals surface area (Å²) in [5.74, 6) is 0.668. The van der Waals surface area contributed by atoms with Gasteiger partial charge in [-0.15, -0.1) is 0 Å². The molecule has 1 fully saturated rings. The summed E-state index contributed by atoms with van der Waals surface area (Å²) in [7, 11) is 0. The lowest BCUT2D eigenvalue weighted by molar-refractivity contribution is -0.123. The largest absolute Gasteiger partial charge is 0.483 e. The van der Waals surface area contributed by atoms with Gasteiger partial charge >= 0.3 is 0 Å². The summed E-state index contributed by atoms with van der Waals surface area (Å²) in [6.07, 6.45) is 4.63. The highest BCUT2D eigenvalue weighted by atomic mass is 79.9. The Morgan fingerprint density at radius 2 is 2.06 bits per heavy atom. The number of amides is 1. The quantitative estimate of drug-likeness (QED) is 0.928. The van der Waals surface area contributed by atoms with Gasteiger partial charge in [0.15, 0.2) is 6.61 Å². The van der Waals surface area contributed by atoms with Gasteiger partial charge in [-0.25, -0.2) is 0 Å². The zero-order valence-corrected chi connectivity index (χ0v) is 11.2. The van der Waals surface area contributed by atoms with Gasteiger partial charge in [0, 0.05) is 6.04 Å². The van der Waals surface area contributed by atoms with Gasteiger partial charge in [0.2, 0.25) is 0 Å². The van der Waals surface area contributed by atoms with E-state index < -0.39 is 0 Å². The van der Waals surface area contributed by atoms with Crippen LogP contribution in [-0.4, -0.2) is 18.6 Å². The number of rotatable bonds is 4. The molecule has 4 heteroatoms. The minimum absolute atomic E-state index is 0.0346. The highest BCUT2D eigenvalue weighted by Gasteiger charge is 2.17. The summed E-state index contributed by atoms with van der Waals surface area (Å²) >= 11 is 3.38. The average molecular weight is 298 g/mol. The first-order valence-corrected chi connectivity index (χ1v) is 6.71. The molecule has 1 aromatic carbocycles. The Morgan fingerprint density at radius 3 is 2.76 bits per heavy atom. The molecule has 0 atom stereocenters. The predicted octanol–water partition coefficient (Wildman–Crippen LogP) is 2.89. The molecule has 1 N–H and O–H groups in total. The predicted molar refractivity (Wildman–Crippen MR) is 70.0 cm³/mol. The first-order valence-electron chi connectivity index (χ1n) is 5.92. The zero-order chi connectivity index (χ0) is 12.1. The lowest BCUT2D eigenvalue weighted by atomic mass is 10.2. The second-order valence-corrected chi connectivity index (χ2v) is 5.12. The molecule has 1 saturated carbocycles.